The molecule has 1 atom stereocenters. The highest BCUT2D eigenvalue weighted by molar-refractivity contribution is 5.85. The van der Waals surface area contributed by atoms with Gasteiger partial charge in [-0.2, -0.15) is 0 Å². The number of hydrogen-bond donors (Lipinski definition) is 0. The Morgan fingerprint density at radius 2 is 1.69 bits per heavy atom. The van der Waals surface area contributed by atoms with Crippen molar-refractivity contribution in [3.05, 3.63) is 96.2 Å². The number of amides is 1. The highest BCUT2D eigenvalue weighted by atomic mass is 16.2. The molecule has 29 heavy (non-hydrogen) atoms. The summed E-state index contributed by atoms with van der Waals surface area (Å²) in [7, 11) is 0. The third-order valence-electron chi connectivity index (χ3n) is 5.91. The topological polar surface area (TPSA) is 23.6 Å². The van der Waals surface area contributed by atoms with Crippen molar-refractivity contribution in [3.8, 4) is 0 Å². The third-order valence-corrected chi connectivity index (χ3v) is 5.91. The fourth-order valence-corrected chi connectivity index (χ4v) is 4.30. The average Bonchev–Trinajstić information content (AvgIpc) is 2.77. The number of hydrogen-bond acceptors (Lipinski definition) is 2. The molecule has 148 valence electrons. The maximum atomic E-state index is 12.6. The van der Waals surface area contributed by atoms with Crippen LogP contribution in [0.3, 0.4) is 0 Å². The van der Waals surface area contributed by atoms with Crippen LogP contribution in [0.5, 0.6) is 0 Å². The zero-order chi connectivity index (χ0) is 20.2. The summed E-state index contributed by atoms with van der Waals surface area (Å²) < 4.78 is 0. The first kappa shape index (κ1) is 19.3. The Morgan fingerprint density at radius 3 is 2.48 bits per heavy atom. The number of benzene rings is 3. The Hall–Kier alpha value is -3.07. The summed E-state index contributed by atoms with van der Waals surface area (Å²) in [4.78, 5) is 17.0. The van der Waals surface area contributed by atoms with Crippen molar-refractivity contribution in [2.45, 2.75) is 32.4 Å². The quantitative estimate of drug-likeness (QED) is 0.617. The van der Waals surface area contributed by atoms with Crippen LogP contribution in [-0.4, -0.2) is 34.8 Å². The molecular formula is C26H28N2O. The van der Waals surface area contributed by atoms with Crippen LogP contribution in [0.1, 0.15) is 24.5 Å². The molecule has 1 amide bonds. The van der Waals surface area contributed by atoms with Gasteiger partial charge in [0.2, 0.25) is 5.91 Å². The number of fused-ring (bicyclic) bond motifs is 1. The first-order valence-corrected chi connectivity index (χ1v) is 10.4. The molecule has 3 nitrogen and oxygen atoms in total. The van der Waals surface area contributed by atoms with E-state index in [9.17, 15) is 4.79 Å². The van der Waals surface area contributed by atoms with Crippen LogP contribution in [0.4, 0.5) is 0 Å². The first-order chi connectivity index (χ1) is 14.2. The predicted octanol–water partition coefficient (Wildman–Crippen LogP) is 5.02. The maximum absolute atomic E-state index is 12.6. The van der Waals surface area contributed by atoms with Crippen molar-refractivity contribution in [2.75, 3.05) is 13.1 Å². The van der Waals surface area contributed by atoms with Gasteiger partial charge >= 0.3 is 0 Å². The van der Waals surface area contributed by atoms with Crippen LogP contribution in [0.15, 0.2) is 85.1 Å². The van der Waals surface area contributed by atoms with Gasteiger partial charge in [-0.1, -0.05) is 86.3 Å². The minimum atomic E-state index is 0.00794. The maximum Gasteiger partial charge on any atom is 0.222 e. The van der Waals surface area contributed by atoms with Crippen molar-refractivity contribution in [2.24, 2.45) is 0 Å². The standard InChI is InChI=1S/C26H28N2O/c1-3-26(29)28-17-16-27(20(2)25(28)18-21-10-5-4-6-11-21)19-23-14-9-13-22-12-7-8-15-24(22)23/h4-15,25H,2-3,16-19H2,1H3. The molecule has 1 unspecified atom stereocenters. The van der Waals surface area contributed by atoms with E-state index in [-0.39, 0.29) is 11.9 Å². The van der Waals surface area contributed by atoms with E-state index >= 15 is 0 Å². The van der Waals surface area contributed by atoms with E-state index in [0.717, 1.165) is 31.8 Å². The Balaban J connectivity index is 1.60. The highest BCUT2D eigenvalue weighted by Gasteiger charge is 2.32. The fraction of sp³-hybridized carbons (Fsp3) is 0.269. The summed E-state index contributed by atoms with van der Waals surface area (Å²) in [5, 5.41) is 2.55. The van der Waals surface area contributed by atoms with E-state index in [2.05, 4.69) is 78.2 Å². The van der Waals surface area contributed by atoms with Crippen LogP contribution in [0.25, 0.3) is 10.8 Å². The molecule has 1 aliphatic rings. The van der Waals surface area contributed by atoms with Crippen LogP contribution in [0.2, 0.25) is 0 Å². The van der Waals surface area contributed by atoms with E-state index in [0.29, 0.717) is 6.42 Å². The molecule has 0 aliphatic carbocycles. The first-order valence-electron chi connectivity index (χ1n) is 10.4. The third kappa shape index (κ3) is 4.04. The monoisotopic (exact) mass is 384 g/mol. The molecule has 3 aromatic carbocycles. The van der Waals surface area contributed by atoms with Gasteiger partial charge in [0.15, 0.2) is 0 Å². The molecule has 0 saturated carbocycles. The van der Waals surface area contributed by atoms with E-state index in [1.807, 2.05) is 17.9 Å². The molecule has 0 aromatic heterocycles. The lowest BCUT2D eigenvalue weighted by Crippen LogP contribution is -2.53. The van der Waals surface area contributed by atoms with Gasteiger partial charge in [-0.3, -0.25) is 4.79 Å². The van der Waals surface area contributed by atoms with Gasteiger partial charge < -0.3 is 9.80 Å². The number of piperazine rings is 1. The van der Waals surface area contributed by atoms with Crippen molar-refractivity contribution >= 4 is 16.7 Å². The van der Waals surface area contributed by atoms with E-state index in [4.69, 9.17) is 0 Å². The second-order valence-corrected chi connectivity index (χ2v) is 7.70. The van der Waals surface area contributed by atoms with E-state index in [1.54, 1.807) is 0 Å². The van der Waals surface area contributed by atoms with Gasteiger partial charge in [-0.25, -0.2) is 0 Å². The van der Waals surface area contributed by atoms with E-state index < -0.39 is 0 Å². The zero-order valence-electron chi connectivity index (χ0n) is 17.1. The Morgan fingerprint density at radius 1 is 0.966 bits per heavy atom. The van der Waals surface area contributed by atoms with Crippen molar-refractivity contribution in [1.29, 1.82) is 0 Å². The molecule has 0 N–H and O–H groups in total. The highest BCUT2D eigenvalue weighted by Crippen LogP contribution is 2.27. The van der Waals surface area contributed by atoms with Crippen LogP contribution in [-0.2, 0) is 17.8 Å². The number of rotatable bonds is 5. The smallest absolute Gasteiger partial charge is 0.222 e. The minimum absolute atomic E-state index is 0.00794. The second kappa shape index (κ2) is 8.52. The number of nitrogens with zero attached hydrogens (tertiary/aromatic N) is 2. The lowest BCUT2D eigenvalue weighted by molar-refractivity contribution is -0.134. The van der Waals surface area contributed by atoms with Crippen molar-refractivity contribution in [3.63, 3.8) is 0 Å². The summed E-state index contributed by atoms with van der Waals surface area (Å²) in [6, 6.07) is 25.4. The normalized spacial score (nSPS) is 17.0. The molecular weight excluding hydrogens is 356 g/mol. The lowest BCUT2D eigenvalue weighted by Gasteiger charge is -2.44. The molecule has 0 radical (unpaired) electrons. The molecule has 3 aromatic rings. The molecule has 4 rings (SSSR count). The molecule has 1 aliphatic heterocycles. The van der Waals surface area contributed by atoms with E-state index in [1.165, 1.54) is 21.9 Å². The number of carbonyl (C=O) groups is 1. The summed E-state index contributed by atoms with van der Waals surface area (Å²) in [6.07, 6.45) is 1.33. The molecule has 1 saturated heterocycles. The molecule has 1 heterocycles. The SMILES string of the molecule is C=C1C(Cc2ccccc2)N(C(=O)CC)CCN1Cc1cccc2ccccc12. The largest absolute Gasteiger partial charge is 0.367 e. The van der Waals surface area contributed by atoms with Gasteiger partial charge in [0, 0.05) is 31.8 Å². The Kier molecular flexibility index (Phi) is 5.66. The lowest BCUT2D eigenvalue weighted by atomic mass is 9.97. The fourth-order valence-electron chi connectivity index (χ4n) is 4.30. The number of carbonyl (C=O) groups excluding carboxylic acids is 1. The Bertz CT molecular complexity index is 1010. The van der Waals surface area contributed by atoms with Crippen LogP contribution in [0, 0.1) is 0 Å². The van der Waals surface area contributed by atoms with Crippen LogP contribution >= 0.6 is 0 Å². The van der Waals surface area contributed by atoms with Crippen LogP contribution < -0.4 is 0 Å². The zero-order valence-corrected chi connectivity index (χ0v) is 17.1. The van der Waals surface area contributed by atoms with Gasteiger partial charge in [-0.15, -0.1) is 0 Å². The molecule has 0 spiro atoms. The average molecular weight is 385 g/mol. The van der Waals surface area contributed by atoms with Crippen molar-refractivity contribution < 1.29 is 4.79 Å². The van der Waals surface area contributed by atoms with Gasteiger partial charge in [0.05, 0.1) is 6.04 Å². The van der Waals surface area contributed by atoms with Gasteiger partial charge in [-0.05, 0) is 28.3 Å². The Labute approximate surface area is 173 Å². The molecule has 0 bridgehead atoms. The summed E-state index contributed by atoms with van der Waals surface area (Å²) >= 11 is 0. The molecule has 3 heteroatoms. The molecule has 1 fully saturated rings. The van der Waals surface area contributed by atoms with Gasteiger partial charge in [0.25, 0.3) is 0 Å². The summed E-state index contributed by atoms with van der Waals surface area (Å²) in [6.45, 7) is 8.77. The minimum Gasteiger partial charge on any atom is -0.367 e. The summed E-state index contributed by atoms with van der Waals surface area (Å²) in [5.41, 5.74) is 3.58. The van der Waals surface area contributed by atoms with Crippen molar-refractivity contribution in [1.82, 2.24) is 9.80 Å². The van der Waals surface area contributed by atoms with Gasteiger partial charge in [0.1, 0.15) is 0 Å². The summed E-state index contributed by atoms with van der Waals surface area (Å²) in [5.74, 6) is 0.205. The second-order valence-electron chi connectivity index (χ2n) is 7.70. The predicted molar refractivity (Wildman–Crippen MR) is 119 cm³/mol.